The predicted molar refractivity (Wildman–Crippen MR) is 94.6 cm³/mol. The first-order chi connectivity index (χ1) is 10.8. The van der Waals surface area contributed by atoms with Gasteiger partial charge in [-0.3, -0.25) is 0 Å². The van der Waals surface area contributed by atoms with E-state index in [0.29, 0.717) is 5.82 Å². The lowest BCUT2D eigenvalue weighted by atomic mass is 10.1. The SMILES string of the molecule is CC.CC(C)(C)OC(=O)NC1CCCN(c2ccc(N)nc2)C1. The molecule has 2 rings (SSSR count). The molecule has 23 heavy (non-hydrogen) atoms. The molecule has 0 spiro atoms. The van der Waals surface area contributed by atoms with Gasteiger partial charge in [-0.1, -0.05) is 13.8 Å². The Kier molecular flexibility index (Phi) is 7.13. The normalized spacial score (nSPS) is 17.8. The fourth-order valence-electron chi connectivity index (χ4n) is 2.39. The molecule has 1 aromatic rings. The Balaban J connectivity index is 0.00000127. The van der Waals surface area contributed by atoms with Crippen molar-refractivity contribution in [3.63, 3.8) is 0 Å². The summed E-state index contributed by atoms with van der Waals surface area (Å²) in [5.74, 6) is 0.513. The molecular weight excluding hydrogens is 292 g/mol. The average Bonchev–Trinajstić information content (AvgIpc) is 2.48. The number of hydrogen-bond donors (Lipinski definition) is 2. The molecule has 1 aromatic heterocycles. The van der Waals surface area contributed by atoms with Gasteiger partial charge in [-0.25, -0.2) is 9.78 Å². The summed E-state index contributed by atoms with van der Waals surface area (Å²) in [6, 6.07) is 3.84. The second kappa shape index (κ2) is 8.60. The number of alkyl carbamates (subject to hydrolysis) is 1. The number of nitrogen functional groups attached to an aromatic ring is 1. The summed E-state index contributed by atoms with van der Waals surface area (Å²) in [5, 5.41) is 2.94. The molecule has 1 amide bonds. The third-order valence-electron chi connectivity index (χ3n) is 3.28. The molecule has 0 aromatic carbocycles. The molecule has 6 nitrogen and oxygen atoms in total. The first-order valence-electron chi connectivity index (χ1n) is 8.29. The Bertz CT molecular complexity index is 482. The summed E-state index contributed by atoms with van der Waals surface area (Å²) in [7, 11) is 0. The maximum atomic E-state index is 11.8. The summed E-state index contributed by atoms with van der Waals surface area (Å²) in [5.41, 5.74) is 6.16. The van der Waals surface area contributed by atoms with Crippen LogP contribution >= 0.6 is 0 Å². The van der Waals surface area contributed by atoms with Crippen molar-refractivity contribution in [3.8, 4) is 0 Å². The average molecular weight is 322 g/mol. The number of piperidine rings is 1. The Morgan fingerprint density at radius 2 is 2.09 bits per heavy atom. The summed E-state index contributed by atoms with van der Waals surface area (Å²) >= 11 is 0. The number of carbonyl (C=O) groups excluding carboxylic acids is 1. The minimum absolute atomic E-state index is 0.0890. The molecule has 1 saturated heterocycles. The van der Waals surface area contributed by atoms with Crippen LogP contribution in [0.15, 0.2) is 18.3 Å². The van der Waals surface area contributed by atoms with Gasteiger partial charge in [0.15, 0.2) is 0 Å². The van der Waals surface area contributed by atoms with E-state index in [-0.39, 0.29) is 12.1 Å². The minimum atomic E-state index is -0.473. The Morgan fingerprint density at radius 1 is 1.39 bits per heavy atom. The van der Waals surface area contributed by atoms with E-state index in [1.165, 1.54) is 0 Å². The Labute approximate surface area is 139 Å². The van der Waals surface area contributed by atoms with E-state index in [1.807, 2.05) is 40.7 Å². The molecule has 3 N–H and O–H groups in total. The lowest BCUT2D eigenvalue weighted by Gasteiger charge is -2.34. The van der Waals surface area contributed by atoms with Crippen LogP contribution in [0.2, 0.25) is 0 Å². The number of rotatable bonds is 2. The highest BCUT2D eigenvalue weighted by atomic mass is 16.6. The van der Waals surface area contributed by atoms with Gasteiger partial charge < -0.3 is 20.7 Å². The fraction of sp³-hybridized carbons (Fsp3) is 0.647. The Hall–Kier alpha value is -1.98. The number of hydrogen-bond acceptors (Lipinski definition) is 5. The molecule has 2 heterocycles. The smallest absolute Gasteiger partial charge is 0.407 e. The number of amides is 1. The van der Waals surface area contributed by atoms with E-state index >= 15 is 0 Å². The number of ether oxygens (including phenoxy) is 1. The summed E-state index contributed by atoms with van der Waals surface area (Å²) < 4.78 is 5.30. The van der Waals surface area contributed by atoms with Crippen LogP contribution in [0.4, 0.5) is 16.3 Å². The minimum Gasteiger partial charge on any atom is -0.444 e. The topological polar surface area (TPSA) is 80.5 Å². The molecule has 130 valence electrons. The van der Waals surface area contributed by atoms with Gasteiger partial charge in [-0.05, 0) is 45.7 Å². The largest absolute Gasteiger partial charge is 0.444 e. The lowest BCUT2D eigenvalue weighted by Crippen LogP contribution is -2.49. The van der Waals surface area contributed by atoms with E-state index in [1.54, 1.807) is 12.3 Å². The van der Waals surface area contributed by atoms with Crippen molar-refractivity contribution in [2.75, 3.05) is 23.7 Å². The molecule has 1 aliphatic rings. The van der Waals surface area contributed by atoms with Crippen molar-refractivity contribution in [1.82, 2.24) is 10.3 Å². The van der Waals surface area contributed by atoms with Crippen molar-refractivity contribution in [2.45, 2.75) is 59.1 Å². The third kappa shape index (κ3) is 6.76. The number of pyridine rings is 1. The van der Waals surface area contributed by atoms with Gasteiger partial charge in [-0.15, -0.1) is 0 Å². The first-order valence-corrected chi connectivity index (χ1v) is 8.29. The number of aromatic nitrogens is 1. The zero-order valence-corrected chi connectivity index (χ0v) is 14.9. The number of nitrogens with zero attached hydrogens (tertiary/aromatic N) is 2. The van der Waals surface area contributed by atoms with Gasteiger partial charge in [0, 0.05) is 19.1 Å². The van der Waals surface area contributed by atoms with Crippen molar-refractivity contribution in [3.05, 3.63) is 18.3 Å². The summed E-state index contributed by atoms with van der Waals surface area (Å²) in [6.07, 6.45) is 3.39. The highest BCUT2D eigenvalue weighted by molar-refractivity contribution is 5.68. The van der Waals surface area contributed by atoms with Crippen molar-refractivity contribution in [1.29, 1.82) is 0 Å². The molecule has 0 saturated carbocycles. The van der Waals surface area contributed by atoms with Crippen LogP contribution < -0.4 is 16.0 Å². The van der Waals surface area contributed by atoms with Crippen LogP contribution in [0.1, 0.15) is 47.5 Å². The second-order valence-corrected chi connectivity index (χ2v) is 6.37. The highest BCUT2D eigenvalue weighted by Gasteiger charge is 2.24. The third-order valence-corrected chi connectivity index (χ3v) is 3.28. The van der Waals surface area contributed by atoms with Crippen LogP contribution in [0, 0.1) is 0 Å². The number of carbonyl (C=O) groups is 1. The molecule has 1 atom stereocenters. The van der Waals surface area contributed by atoms with Gasteiger partial charge in [-0.2, -0.15) is 0 Å². The molecule has 0 bridgehead atoms. The molecule has 6 heteroatoms. The molecule has 0 radical (unpaired) electrons. The van der Waals surface area contributed by atoms with Crippen LogP contribution in [-0.2, 0) is 4.74 Å². The molecular formula is C17H30N4O2. The van der Waals surface area contributed by atoms with Crippen molar-refractivity contribution < 1.29 is 9.53 Å². The standard InChI is InChI=1S/C15H24N4O2.C2H6/c1-15(2,3)21-14(20)18-11-5-4-8-19(10-11)12-6-7-13(16)17-9-12;1-2/h6-7,9,11H,4-5,8,10H2,1-3H3,(H2,16,17)(H,18,20);1-2H3. The van der Waals surface area contributed by atoms with E-state index in [9.17, 15) is 4.79 Å². The second-order valence-electron chi connectivity index (χ2n) is 6.37. The van der Waals surface area contributed by atoms with Crippen LogP contribution in [0.5, 0.6) is 0 Å². The van der Waals surface area contributed by atoms with Gasteiger partial charge >= 0.3 is 6.09 Å². The monoisotopic (exact) mass is 322 g/mol. The van der Waals surface area contributed by atoms with E-state index in [2.05, 4.69) is 15.2 Å². The summed E-state index contributed by atoms with van der Waals surface area (Å²) in [6.45, 7) is 11.3. The Morgan fingerprint density at radius 3 is 2.65 bits per heavy atom. The van der Waals surface area contributed by atoms with Gasteiger partial charge in [0.25, 0.3) is 0 Å². The van der Waals surface area contributed by atoms with Crippen LogP contribution in [-0.4, -0.2) is 35.8 Å². The maximum Gasteiger partial charge on any atom is 0.407 e. The van der Waals surface area contributed by atoms with Crippen molar-refractivity contribution in [2.24, 2.45) is 0 Å². The van der Waals surface area contributed by atoms with Crippen LogP contribution in [0.25, 0.3) is 0 Å². The highest BCUT2D eigenvalue weighted by Crippen LogP contribution is 2.20. The van der Waals surface area contributed by atoms with Gasteiger partial charge in [0.05, 0.1) is 11.9 Å². The first kappa shape index (κ1) is 19.1. The zero-order valence-electron chi connectivity index (χ0n) is 14.9. The number of nitrogens with two attached hydrogens (primary N) is 1. The lowest BCUT2D eigenvalue weighted by molar-refractivity contribution is 0.0500. The predicted octanol–water partition coefficient (Wildman–Crippen LogP) is 3.18. The fourth-order valence-corrected chi connectivity index (χ4v) is 2.39. The quantitative estimate of drug-likeness (QED) is 0.874. The molecule has 1 aliphatic heterocycles. The van der Waals surface area contributed by atoms with E-state index < -0.39 is 5.60 Å². The molecule has 1 fully saturated rings. The van der Waals surface area contributed by atoms with E-state index in [0.717, 1.165) is 31.6 Å². The number of nitrogens with one attached hydrogen (secondary N) is 1. The zero-order chi connectivity index (χ0) is 17.5. The van der Waals surface area contributed by atoms with Gasteiger partial charge in [0.2, 0.25) is 0 Å². The van der Waals surface area contributed by atoms with Crippen molar-refractivity contribution >= 4 is 17.6 Å². The van der Waals surface area contributed by atoms with Gasteiger partial charge in [0.1, 0.15) is 11.4 Å². The molecule has 1 unspecified atom stereocenters. The number of anilines is 2. The molecule has 0 aliphatic carbocycles. The summed E-state index contributed by atoms with van der Waals surface area (Å²) in [4.78, 5) is 18.2. The van der Waals surface area contributed by atoms with Crippen LogP contribution in [0.3, 0.4) is 0 Å². The van der Waals surface area contributed by atoms with E-state index in [4.69, 9.17) is 10.5 Å². The maximum absolute atomic E-state index is 11.8.